The molecule has 3 rings (SSSR count). The molecule has 16 heteroatoms. The molecule has 0 aliphatic heterocycles. The molecule has 2 heterocycles. The largest absolute Gasteiger partial charge is 0.464 e. The molecule has 12 nitrogen and oxygen atoms in total. The van der Waals surface area contributed by atoms with E-state index in [1.807, 2.05) is 6.07 Å². The topological polar surface area (TPSA) is 170 Å². The van der Waals surface area contributed by atoms with E-state index in [0.717, 1.165) is 12.1 Å². The van der Waals surface area contributed by atoms with Crippen LogP contribution in [-0.4, -0.2) is 56.3 Å². The van der Waals surface area contributed by atoms with Gasteiger partial charge in [-0.15, -0.1) is 0 Å². The van der Waals surface area contributed by atoms with E-state index in [-0.39, 0.29) is 30.1 Å². The lowest BCUT2D eigenvalue weighted by molar-refractivity contribution is -0.153. The molecule has 0 fully saturated rings. The number of esters is 1. The molecule has 41 heavy (non-hydrogen) atoms. The molecular weight excluding hydrogens is 564 g/mol. The van der Waals surface area contributed by atoms with Gasteiger partial charge in [0.2, 0.25) is 7.44 Å². The second-order valence-corrected chi connectivity index (χ2v) is 12.1. The van der Waals surface area contributed by atoms with Crippen LogP contribution in [0.15, 0.2) is 36.9 Å². The second kappa shape index (κ2) is 12.9. The number of ether oxygens (including phenoxy) is 2. The summed E-state index contributed by atoms with van der Waals surface area (Å²) < 4.78 is 69.5. The summed E-state index contributed by atoms with van der Waals surface area (Å²) >= 11 is 0. The molecule has 2 unspecified atom stereocenters. The molecular formula is C25H32F3N8O4P. The van der Waals surface area contributed by atoms with E-state index in [0.29, 0.717) is 17.6 Å². The minimum absolute atomic E-state index is 0.0819. The number of benzene rings is 1. The van der Waals surface area contributed by atoms with E-state index < -0.39 is 43.6 Å². The zero-order valence-corrected chi connectivity index (χ0v) is 23.9. The number of carbonyl (C=O) groups excluding carboxylic acids is 1. The van der Waals surface area contributed by atoms with Crippen LogP contribution >= 0.6 is 7.44 Å². The number of hydrogen-bond acceptors (Lipinski definition) is 9. The highest BCUT2D eigenvalue weighted by atomic mass is 31.2. The summed E-state index contributed by atoms with van der Waals surface area (Å²) in [5.41, 5.74) is 4.85. The number of nitriles is 1. The van der Waals surface area contributed by atoms with Crippen LogP contribution in [0.3, 0.4) is 0 Å². The molecule has 0 bridgehead atoms. The number of rotatable bonds is 13. The molecule has 0 amide bonds. The minimum Gasteiger partial charge on any atom is -0.464 e. The lowest BCUT2D eigenvalue weighted by Gasteiger charge is -2.34. The maximum Gasteiger partial charge on any atom is 0.408 e. The summed E-state index contributed by atoms with van der Waals surface area (Å²) in [6, 6.07) is 4.13. The molecule has 4 N–H and O–H groups in total. The van der Waals surface area contributed by atoms with E-state index >= 15 is 0 Å². The first kappa shape index (κ1) is 32.0. The van der Waals surface area contributed by atoms with Crippen LogP contribution in [0, 0.1) is 11.3 Å². The monoisotopic (exact) mass is 596 g/mol. The summed E-state index contributed by atoms with van der Waals surface area (Å²) in [4.78, 5) is 24.9. The zero-order valence-electron chi connectivity index (χ0n) is 23.0. The predicted octanol–water partition coefficient (Wildman–Crippen LogP) is 4.05. The van der Waals surface area contributed by atoms with Crippen molar-refractivity contribution in [2.45, 2.75) is 64.5 Å². The first-order valence-electron chi connectivity index (χ1n) is 12.6. The second-order valence-electron chi connectivity index (χ2n) is 9.88. The average molecular weight is 597 g/mol. The Labute approximate surface area is 234 Å². The van der Waals surface area contributed by atoms with Crippen molar-refractivity contribution in [3.8, 4) is 6.07 Å². The fraction of sp³-hybridized carbons (Fsp3) is 0.480. The van der Waals surface area contributed by atoms with E-state index in [4.69, 9.17) is 20.5 Å². The number of nitrogen functional groups attached to an aromatic ring is 1. The number of aromatic nitrogens is 4. The molecule has 1 aromatic carbocycles. The molecule has 0 radical (unpaired) electrons. The van der Waals surface area contributed by atoms with Crippen molar-refractivity contribution in [1.82, 2.24) is 29.7 Å². The Kier molecular flexibility index (Phi) is 10.1. The molecule has 3 atom stereocenters. The number of alkyl halides is 3. The van der Waals surface area contributed by atoms with Gasteiger partial charge in [0.15, 0.2) is 11.5 Å². The summed E-state index contributed by atoms with van der Waals surface area (Å²) in [7, 11) is -4.34. The molecule has 222 valence electrons. The van der Waals surface area contributed by atoms with Crippen molar-refractivity contribution in [3.05, 3.63) is 48.0 Å². The first-order valence-corrected chi connectivity index (χ1v) is 14.5. The Morgan fingerprint density at radius 3 is 2.51 bits per heavy atom. The van der Waals surface area contributed by atoms with E-state index in [1.165, 1.54) is 38.6 Å². The fourth-order valence-corrected chi connectivity index (χ4v) is 6.24. The zero-order chi connectivity index (χ0) is 30.4. The van der Waals surface area contributed by atoms with E-state index in [2.05, 4.69) is 25.1 Å². The van der Waals surface area contributed by atoms with Crippen LogP contribution in [0.1, 0.15) is 51.3 Å². The maximum absolute atomic E-state index is 14.3. The van der Waals surface area contributed by atoms with Gasteiger partial charge in [0.25, 0.3) is 0 Å². The van der Waals surface area contributed by atoms with Gasteiger partial charge in [0, 0.05) is 0 Å². The molecule has 0 aliphatic rings. The Morgan fingerprint density at radius 2 is 1.90 bits per heavy atom. The molecule has 0 aliphatic carbocycles. The third kappa shape index (κ3) is 8.23. The highest BCUT2D eigenvalue weighted by Gasteiger charge is 2.47. The van der Waals surface area contributed by atoms with Gasteiger partial charge in [-0.05, 0) is 44.9 Å². The van der Waals surface area contributed by atoms with Crippen molar-refractivity contribution in [2.24, 2.45) is 0 Å². The molecule has 0 spiro atoms. The van der Waals surface area contributed by atoms with Crippen molar-refractivity contribution in [2.75, 3.05) is 18.7 Å². The number of nitrogens with zero attached hydrogens (tertiary/aromatic N) is 5. The van der Waals surface area contributed by atoms with Crippen molar-refractivity contribution >= 4 is 30.4 Å². The predicted molar refractivity (Wildman–Crippen MR) is 144 cm³/mol. The fourth-order valence-electron chi connectivity index (χ4n) is 3.86. The van der Waals surface area contributed by atoms with Crippen molar-refractivity contribution in [3.63, 3.8) is 0 Å². The summed E-state index contributed by atoms with van der Waals surface area (Å²) in [6.07, 6.45) is -3.04. The van der Waals surface area contributed by atoms with Gasteiger partial charge in [-0.3, -0.25) is 9.36 Å². The van der Waals surface area contributed by atoms with Gasteiger partial charge < -0.3 is 19.8 Å². The number of carbonyl (C=O) groups is 1. The van der Waals surface area contributed by atoms with Gasteiger partial charge in [0.05, 0.1) is 37.2 Å². The van der Waals surface area contributed by atoms with Crippen LogP contribution in [0.25, 0.3) is 11.2 Å². The van der Waals surface area contributed by atoms with Crippen LogP contribution in [-0.2, 0) is 25.4 Å². The van der Waals surface area contributed by atoms with Crippen LogP contribution in [0.2, 0.25) is 0 Å². The van der Waals surface area contributed by atoms with Crippen molar-refractivity contribution in [1.29, 1.82) is 5.26 Å². The normalized spacial score (nSPS) is 15.2. The maximum atomic E-state index is 14.3. The minimum atomic E-state index is -4.89. The Morgan fingerprint density at radius 1 is 1.22 bits per heavy atom. The Balaban J connectivity index is 1.88. The lowest BCUT2D eigenvalue weighted by Crippen LogP contribution is -2.50. The van der Waals surface area contributed by atoms with E-state index in [9.17, 15) is 22.5 Å². The van der Waals surface area contributed by atoms with Crippen LogP contribution in [0.5, 0.6) is 0 Å². The quantitative estimate of drug-likeness (QED) is 0.192. The number of nitrogens with one attached hydrogen (secondary N) is 2. The standard InChI is InChI=1S/C25H32F3N8O4P/c1-5-10-39-23(37)24(3,4)35-41(38,34-20(25(26,27)28)18-8-6-17(11-29)7-9-18)15-40-16(2)12-36-14-33-19-21(30)31-13-32-22(19)36/h6-9,13-14,16,20H,5,10,12,15H2,1-4H3,(H2,30,31,32)(H2,34,35,38)/t16?,20-,41?/m0/s1. The van der Waals surface area contributed by atoms with Gasteiger partial charge in [-0.1, -0.05) is 19.1 Å². The number of halogens is 3. The Hall–Kier alpha value is -3.57. The highest BCUT2D eigenvalue weighted by Crippen LogP contribution is 2.46. The highest BCUT2D eigenvalue weighted by molar-refractivity contribution is 7.59. The Bertz CT molecular complexity index is 1440. The SMILES string of the molecule is CCCOC(=O)C(C)(C)NP(=O)(COC(C)Cn1cnc2c(N)ncnc21)N[C@@H](c1ccc(C#N)cc1)C(F)(F)F. The molecule has 0 saturated heterocycles. The van der Waals surface area contributed by atoms with Gasteiger partial charge >= 0.3 is 12.1 Å². The average Bonchev–Trinajstić information content (AvgIpc) is 3.32. The van der Waals surface area contributed by atoms with Crippen LogP contribution < -0.4 is 15.9 Å². The lowest BCUT2D eigenvalue weighted by atomic mass is 10.1. The summed E-state index contributed by atoms with van der Waals surface area (Å²) in [6.45, 7) is 6.35. The number of anilines is 1. The summed E-state index contributed by atoms with van der Waals surface area (Å²) in [5, 5.41) is 13.8. The van der Waals surface area contributed by atoms with Crippen LogP contribution in [0.4, 0.5) is 19.0 Å². The van der Waals surface area contributed by atoms with E-state index in [1.54, 1.807) is 18.4 Å². The number of hydrogen-bond donors (Lipinski definition) is 3. The van der Waals surface area contributed by atoms with Gasteiger partial charge in [0.1, 0.15) is 29.8 Å². The number of fused-ring (bicyclic) bond motifs is 1. The smallest absolute Gasteiger partial charge is 0.408 e. The summed E-state index contributed by atoms with van der Waals surface area (Å²) in [5.74, 6) is -0.614. The van der Waals surface area contributed by atoms with Crippen molar-refractivity contribution < 1.29 is 32.0 Å². The third-order valence-corrected chi connectivity index (χ3v) is 7.98. The first-order chi connectivity index (χ1) is 19.2. The number of imidazole rings is 1. The number of nitrogens with two attached hydrogens (primary N) is 1. The molecule has 3 aromatic rings. The molecule has 0 saturated carbocycles. The van der Waals surface area contributed by atoms with Gasteiger partial charge in [-0.2, -0.15) is 18.4 Å². The molecule has 2 aromatic heterocycles. The van der Waals surface area contributed by atoms with Gasteiger partial charge in [-0.25, -0.2) is 25.1 Å². The third-order valence-electron chi connectivity index (χ3n) is 5.87.